The van der Waals surface area contributed by atoms with Crippen molar-refractivity contribution in [1.82, 2.24) is 0 Å². The van der Waals surface area contributed by atoms with Crippen molar-refractivity contribution in [3.63, 3.8) is 0 Å². The molecule has 0 atom stereocenters. The van der Waals surface area contributed by atoms with Gasteiger partial charge in [0.15, 0.2) is 6.61 Å². The molecule has 7 nitrogen and oxygen atoms in total. The number of hydrogen-bond donors (Lipinski definition) is 0. The lowest BCUT2D eigenvalue weighted by Gasteiger charge is -2.18. The van der Waals surface area contributed by atoms with Gasteiger partial charge in [-0.3, -0.25) is 14.4 Å². The van der Waals surface area contributed by atoms with Gasteiger partial charge in [0.25, 0.3) is 11.8 Å². The molecule has 35 heavy (non-hydrogen) atoms. The van der Waals surface area contributed by atoms with Crippen LogP contribution in [0.2, 0.25) is 20.1 Å². The smallest absolute Gasteiger partial charge is 0.342 e. The molecule has 0 unspecified atom stereocenters. The molecule has 1 heterocycles. The number of carbonyl (C=O) groups excluding carboxylic acids is 4. The van der Waals surface area contributed by atoms with E-state index in [9.17, 15) is 19.2 Å². The first-order valence-electron chi connectivity index (χ1n) is 9.84. The predicted molar refractivity (Wildman–Crippen MR) is 132 cm³/mol. The lowest BCUT2D eigenvalue weighted by atomic mass is 10.1. The summed E-state index contributed by atoms with van der Waals surface area (Å²) in [5, 5.41) is 0.340. The fourth-order valence-corrected chi connectivity index (χ4v) is 4.29. The van der Waals surface area contributed by atoms with E-state index < -0.39 is 30.2 Å². The Morgan fingerprint density at radius 3 is 1.97 bits per heavy atom. The van der Waals surface area contributed by atoms with Crippen LogP contribution in [0, 0.1) is 0 Å². The SMILES string of the molecule is COc1cc(N2C(=O)c3cc(Cl)c(Cl)cc3C2=O)c(Cl)cc1C(=O)OCC(=O)c1ccccc1Cl. The highest BCUT2D eigenvalue weighted by molar-refractivity contribution is 6.45. The molecule has 4 rings (SSSR count). The maximum Gasteiger partial charge on any atom is 0.342 e. The third-order valence-electron chi connectivity index (χ3n) is 5.17. The normalized spacial score (nSPS) is 12.5. The van der Waals surface area contributed by atoms with Gasteiger partial charge in [-0.05, 0) is 30.3 Å². The van der Waals surface area contributed by atoms with Gasteiger partial charge in [0.05, 0.1) is 44.0 Å². The topological polar surface area (TPSA) is 90.0 Å². The molecule has 0 N–H and O–H groups in total. The summed E-state index contributed by atoms with van der Waals surface area (Å²) in [5.74, 6) is -2.79. The molecule has 0 fully saturated rings. The van der Waals surface area contributed by atoms with Gasteiger partial charge in [0, 0.05) is 11.6 Å². The number of amides is 2. The molecule has 0 bridgehead atoms. The number of fused-ring (bicyclic) bond motifs is 1. The van der Waals surface area contributed by atoms with Crippen molar-refractivity contribution in [2.24, 2.45) is 0 Å². The van der Waals surface area contributed by atoms with Gasteiger partial charge in [-0.15, -0.1) is 0 Å². The van der Waals surface area contributed by atoms with E-state index in [-0.39, 0.29) is 53.8 Å². The van der Waals surface area contributed by atoms with Crippen LogP contribution >= 0.6 is 46.4 Å². The van der Waals surface area contributed by atoms with Crippen LogP contribution in [-0.4, -0.2) is 37.3 Å². The van der Waals surface area contributed by atoms with E-state index in [0.717, 1.165) is 4.90 Å². The van der Waals surface area contributed by atoms with E-state index in [1.807, 2.05) is 0 Å². The number of carbonyl (C=O) groups is 4. The standard InChI is InChI=1S/C24H13Cl4NO6/c1-34-21-9-19(29-22(31)12-6-16(26)17(27)7-13(12)23(29)32)18(28)8-14(21)24(33)35-10-20(30)11-4-2-3-5-15(11)25/h2-9H,10H2,1H3. The van der Waals surface area contributed by atoms with Gasteiger partial charge in [-0.25, -0.2) is 9.69 Å². The number of esters is 1. The van der Waals surface area contributed by atoms with E-state index in [1.54, 1.807) is 18.2 Å². The van der Waals surface area contributed by atoms with E-state index in [4.69, 9.17) is 55.9 Å². The number of ether oxygens (including phenoxy) is 2. The summed E-state index contributed by atoms with van der Waals surface area (Å²) in [5.41, 5.74) is 0.178. The monoisotopic (exact) mass is 551 g/mol. The Morgan fingerprint density at radius 1 is 0.800 bits per heavy atom. The Kier molecular flexibility index (Phi) is 7.05. The van der Waals surface area contributed by atoms with Crippen molar-refractivity contribution in [2.45, 2.75) is 0 Å². The van der Waals surface area contributed by atoms with Crippen LogP contribution in [0.1, 0.15) is 41.4 Å². The second kappa shape index (κ2) is 9.87. The molecule has 0 aromatic heterocycles. The highest BCUT2D eigenvalue weighted by Crippen LogP contribution is 2.39. The molecule has 0 radical (unpaired) electrons. The van der Waals surface area contributed by atoms with Crippen molar-refractivity contribution >= 4 is 75.7 Å². The van der Waals surface area contributed by atoms with Crippen molar-refractivity contribution in [2.75, 3.05) is 18.6 Å². The highest BCUT2D eigenvalue weighted by Gasteiger charge is 2.39. The summed E-state index contributed by atoms with van der Waals surface area (Å²) < 4.78 is 10.4. The average Bonchev–Trinajstić information content (AvgIpc) is 3.06. The van der Waals surface area contributed by atoms with Gasteiger partial charge in [-0.1, -0.05) is 58.5 Å². The molecule has 1 aliphatic rings. The number of rotatable bonds is 6. The number of benzene rings is 3. The summed E-state index contributed by atoms with van der Waals surface area (Å²) >= 11 is 24.3. The summed E-state index contributed by atoms with van der Waals surface area (Å²) in [6.45, 7) is -0.578. The second-order valence-corrected chi connectivity index (χ2v) is 8.87. The predicted octanol–water partition coefficient (Wildman–Crippen LogP) is 6.15. The summed E-state index contributed by atoms with van der Waals surface area (Å²) in [7, 11) is 1.28. The summed E-state index contributed by atoms with van der Waals surface area (Å²) in [6, 6.07) is 11.4. The van der Waals surface area contributed by atoms with Crippen LogP contribution in [0.3, 0.4) is 0 Å². The quantitative estimate of drug-likeness (QED) is 0.207. The van der Waals surface area contributed by atoms with Crippen LogP contribution in [0.5, 0.6) is 5.75 Å². The number of anilines is 1. The van der Waals surface area contributed by atoms with Gasteiger partial charge in [-0.2, -0.15) is 0 Å². The number of imide groups is 1. The van der Waals surface area contributed by atoms with Crippen molar-refractivity contribution in [3.05, 3.63) is 90.9 Å². The summed E-state index contributed by atoms with van der Waals surface area (Å²) in [4.78, 5) is 51.8. The number of ketones is 1. The van der Waals surface area contributed by atoms with Crippen LogP contribution in [0.15, 0.2) is 48.5 Å². The van der Waals surface area contributed by atoms with Crippen molar-refractivity contribution in [1.29, 1.82) is 0 Å². The molecular formula is C24H13Cl4NO6. The molecule has 2 amide bonds. The van der Waals surface area contributed by atoms with Crippen molar-refractivity contribution in [3.8, 4) is 5.75 Å². The summed E-state index contributed by atoms with van der Waals surface area (Å²) in [6.07, 6.45) is 0. The van der Waals surface area contributed by atoms with Crippen LogP contribution < -0.4 is 9.64 Å². The Labute approximate surface area is 219 Å². The highest BCUT2D eigenvalue weighted by atomic mass is 35.5. The van der Waals surface area contributed by atoms with Crippen LogP contribution in [0.25, 0.3) is 0 Å². The molecule has 0 saturated carbocycles. The Morgan fingerprint density at radius 2 is 1.40 bits per heavy atom. The minimum absolute atomic E-state index is 0.0225. The molecule has 3 aromatic carbocycles. The first-order chi connectivity index (χ1) is 16.6. The first kappa shape index (κ1) is 25.0. The zero-order valence-corrected chi connectivity index (χ0v) is 20.8. The third-order valence-corrected chi connectivity index (χ3v) is 6.52. The molecule has 0 saturated heterocycles. The number of Topliss-reactive ketones (excluding diaryl/α,β-unsaturated/α-hetero) is 1. The van der Waals surface area contributed by atoms with Gasteiger partial charge in [0.1, 0.15) is 11.3 Å². The number of methoxy groups -OCH3 is 1. The Bertz CT molecular complexity index is 1380. The number of halogens is 4. The largest absolute Gasteiger partial charge is 0.496 e. The lowest BCUT2D eigenvalue weighted by molar-refractivity contribution is 0.0471. The average molecular weight is 553 g/mol. The van der Waals surface area contributed by atoms with E-state index in [2.05, 4.69) is 0 Å². The van der Waals surface area contributed by atoms with Crippen LogP contribution in [-0.2, 0) is 4.74 Å². The maximum absolute atomic E-state index is 12.9. The minimum Gasteiger partial charge on any atom is -0.496 e. The molecule has 178 valence electrons. The van der Waals surface area contributed by atoms with E-state index in [0.29, 0.717) is 0 Å². The fourth-order valence-electron chi connectivity index (χ4n) is 3.47. The maximum atomic E-state index is 12.9. The zero-order valence-electron chi connectivity index (χ0n) is 17.7. The molecule has 3 aromatic rings. The van der Waals surface area contributed by atoms with E-state index >= 15 is 0 Å². The number of nitrogens with zero attached hydrogens (tertiary/aromatic N) is 1. The third kappa shape index (κ3) is 4.60. The fraction of sp³-hybridized carbons (Fsp3) is 0.0833. The molecule has 1 aliphatic heterocycles. The molecule has 0 aliphatic carbocycles. The van der Waals surface area contributed by atoms with Crippen LogP contribution in [0.4, 0.5) is 5.69 Å². The second-order valence-electron chi connectivity index (χ2n) is 7.24. The number of hydrogen-bond acceptors (Lipinski definition) is 6. The lowest BCUT2D eigenvalue weighted by Crippen LogP contribution is -2.29. The molecule has 11 heteroatoms. The Hall–Kier alpha value is -3.10. The van der Waals surface area contributed by atoms with E-state index in [1.165, 1.54) is 37.4 Å². The minimum atomic E-state index is -0.906. The van der Waals surface area contributed by atoms with Gasteiger partial charge >= 0.3 is 5.97 Å². The van der Waals surface area contributed by atoms with Crippen molar-refractivity contribution < 1.29 is 28.7 Å². The molecular weight excluding hydrogens is 540 g/mol. The molecule has 0 spiro atoms. The zero-order chi connectivity index (χ0) is 25.4. The van der Waals surface area contributed by atoms with Gasteiger partial charge < -0.3 is 9.47 Å². The Balaban J connectivity index is 1.61. The van der Waals surface area contributed by atoms with Gasteiger partial charge in [0.2, 0.25) is 5.78 Å². The first-order valence-corrected chi connectivity index (χ1v) is 11.4.